The van der Waals surface area contributed by atoms with Gasteiger partial charge in [0.2, 0.25) is 0 Å². The number of benzene rings is 2. The van der Waals surface area contributed by atoms with E-state index in [1.807, 2.05) is 26.0 Å². The molecule has 5 heteroatoms. The van der Waals surface area contributed by atoms with Crippen molar-refractivity contribution >= 4 is 16.9 Å². The number of hydrogen-bond donors (Lipinski definition) is 0. The van der Waals surface area contributed by atoms with Crippen LogP contribution in [0.4, 0.5) is 4.39 Å². The highest BCUT2D eigenvalue weighted by atomic mass is 19.1. The summed E-state index contributed by atoms with van der Waals surface area (Å²) in [5, 5.41) is 5.42. The first-order valence-corrected chi connectivity index (χ1v) is 8.70. The van der Waals surface area contributed by atoms with Crippen molar-refractivity contribution in [2.45, 2.75) is 33.1 Å². The Morgan fingerprint density at radius 1 is 1.23 bits per heavy atom. The fraction of sp³-hybridized carbons (Fsp3) is 0.333. The second-order valence-electron chi connectivity index (χ2n) is 7.03. The molecule has 0 aliphatic heterocycles. The van der Waals surface area contributed by atoms with Crippen LogP contribution in [0.15, 0.2) is 48.7 Å². The van der Waals surface area contributed by atoms with Gasteiger partial charge in [0, 0.05) is 5.39 Å². The van der Waals surface area contributed by atoms with Gasteiger partial charge in [0.25, 0.3) is 0 Å². The molecule has 0 aliphatic rings. The Kier molecular flexibility index (Phi) is 4.81. The molecule has 0 aliphatic carbocycles. The topological polar surface area (TPSA) is 44.1 Å². The van der Waals surface area contributed by atoms with Crippen molar-refractivity contribution in [1.82, 2.24) is 9.78 Å². The molecule has 0 radical (unpaired) electrons. The summed E-state index contributed by atoms with van der Waals surface area (Å²) in [6.45, 7) is 5.90. The van der Waals surface area contributed by atoms with E-state index in [0.717, 1.165) is 28.6 Å². The number of rotatable bonds is 5. The molecule has 4 nitrogen and oxygen atoms in total. The molecule has 3 aromatic rings. The van der Waals surface area contributed by atoms with E-state index in [-0.39, 0.29) is 17.7 Å². The number of aromatic nitrogens is 2. The van der Waals surface area contributed by atoms with Gasteiger partial charge < -0.3 is 4.74 Å². The lowest BCUT2D eigenvalue weighted by Gasteiger charge is -2.31. The normalized spacial score (nSPS) is 13.0. The smallest absolute Gasteiger partial charge is 0.311 e. The van der Waals surface area contributed by atoms with Crippen LogP contribution < -0.4 is 0 Å². The third kappa shape index (κ3) is 3.09. The Morgan fingerprint density at radius 3 is 2.54 bits per heavy atom. The zero-order chi connectivity index (χ0) is 18.9. The predicted octanol–water partition coefficient (Wildman–Crippen LogP) is 4.86. The van der Waals surface area contributed by atoms with Crippen LogP contribution in [0, 0.1) is 11.2 Å². The number of esters is 1. The van der Waals surface area contributed by atoms with E-state index in [1.165, 1.54) is 19.2 Å². The Hall–Kier alpha value is -2.69. The molecule has 1 heterocycles. The second kappa shape index (κ2) is 6.90. The standard InChI is InChI=1S/C21H23FN2O2/c1-5-18(21(2,3)20(25)26-4)14-6-11-19-15(12-14)13-23-24(19)17-9-7-16(22)8-10-17/h6-13,18H,5H2,1-4H3. The van der Waals surface area contributed by atoms with Crippen LogP contribution in [-0.2, 0) is 9.53 Å². The number of hydrogen-bond acceptors (Lipinski definition) is 3. The number of nitrogens with zero attached hydrogens (tertiary/aromatic N) is 2. The van der Waals surface area contributed by atoms with Gasteiger partial charge in [-0.25, -0.2) is 9.07 Å². The van der Waals surface area contributed by atoms with Gasteiger partial charge in [-0.1, -0.05) is 13.0 Å². The van der Waals surface area contributed by atoms with Gasteiger partial charge in [0.15, 0.2) is 0 Å². The highest BCUT2D eigenvalue weighted by molar-refractivity contribution is 5.82. The van der Waals surface area contributed by atoms with Gasteiger partial charge in [-0.3, -0.25) is 4.79 Å². The van der Waals surface area contributed by atoms with Crippen LogP contribution in [0.3, 0.4) is 0 Å². The second-order valence-corrected chi connectivity index (χ2v) is 7.03. The van der Waals surface area contributed by atoms with Crippen molar-refractivity contribution in [3.8, 4) is 5.69 Å². The molecular formula is C21H23FN2O2. The van der Waals surface area contributed by atoms with Gasteiger partial charge in [-0.05, 0) is 68.1 Å². The minimum Gasteiger partial charge on any atom is -0.469 e. The van der Waals surface area contributed by atoms with E-state index in [4.69, 9.17) is 4.74 Å². The SMILES string of the molecule is CCC(c1ccc2c(cnn2-c2ccc(F)cc2)c1)C(C)(C)C(=O)OC. The minimum absolute atomic E-state index is 0.0357. The van der Waals surface area contributed by atoms with Gasteiger partial charge in [0.1, 0.15) is 5.82 Å². The number of carbonyl (C=O) groups is 1. The van der Waals surface area contributed by atoms with Crippen LogP contribution in [0.25, 0.3) is 16.6 Å². The van der Waals surface area contributed by atoms with E-state index in [9.17, 15) is 9.18 Å². The molecule has 1 aromatic heterocycles. The quantitative estimate of drug-likeness (QED) is 0.615. The summed E-state index contributed by atoms with van der Waals surface area (Å²) in [7, 11) is 1.42. The first-order valence-electron chi connectivity index (χ1n) is 8.70. The van der Waals surface area contributed by atoms with E-state index >= 15 is 0 Å². The fourth-order valence-corrected chi connectivity index (χ4v) is 3.62. The molecule has 0 fully saturated rings. The molecule has 0 saturated carbocycles. The first kappa shape index (κ1) is 18.1. The molecule has 0 N–H and O–H groups in total. The van der Waals surface area contributed by atoms with Gasteiger partial charge in [0.05, 0.1) is 29.9 Å². The Balaban J connectivity index is 2.02. The molecule has 136 valence electrons. The molecule has 26 heavy (non-hydrogen) atoms. The van der Waals surface area contributed by atoms with Gasteiger partial charge in [-0.15, -0.1) is 0 Å². The predicted molar refractivity (Wildman–Crippen MR) is 99.9 cm³/mol. The summed E-state index contributed by atoms with van der Waals surface area (Å²) in [4.78, 5) is 12.2. The third-order valence-electron chi connectivity index (χ3n) is 5.06. The number of methoxy groups -OCH3 is 1. The number of ether oxygens (including phenoxy) is 1. The van der Waals surface area contributed by atoms with Gasteiger partial charge >= 0.3 is 5.97 Å². The molecule has 1 unspecified atom stereocenters. The monoisotopic (exact) mass is 354 g/mol. The van der Waals surface area contributed by atoms with Crippen LogP contribution in [0.1, 0.15) is 38.7 Å². The fourth-order valence-electron chi connectivity index (χ4n) is 3.62. The molecule has 0 spiro atoms. The van der Waals surface area contributed by atoms with Crippen LogP contribution in [-0.4, -0.2) is 22.9 Å². The Bertz CT molecular complexity index is 929. The molecule has 0 bridgehead atoms. The van der Waals surface area contributed by atoms with Crippen molar-refractivity contribution in [1.29, 1.82) is 0 Å². The Morgan fingerprint density at radius 2 is 1.92 bits per heavy atom. The first-order chi connectivity index (χ1) is 12.4. The maximum Gasteiger partial charge on any atom is 0.311 e. The summed E-state index contributed by atoms with van der Waals surface area (Å²) in [5.41, 5.74) is 2.20. The summed E-state index contributed by atoms with van der Waals surface area (Å²) in [5.74, 6) is -0.455. The molecule has 2 aromatic carbocycles. The average molecular weight is 354 g/mol. The van der Waals surface area contributed by atoms with E-state index < -0.39 is 5.41 Å². The van der Waals surface area contributed by atoms with Crippen LogP contribution >= 0.6 is 0 Å². The highest BCUT2D eigenvalue weighted by Gasteiger charge is 2.37. The maximum absolute atomic E-state index is 13.2. The summed E-state index contributed by atoms with van der Waals surface area (Å²) in [6, 6.07) is 12.3. The molecule has 0 amide bonds. The minimum atomic E-state index is -0.621. The summed E-state index contributed by atoms with van der Waals surface area (Å²) >= 11 is 0. The number of halogens is 1. The lowest BCUT2D eigenvalue weighted by atomic mass is 9.73. The molecular weight excluding hydrogens is 331 g/mol. The molecule has 3 rings (SSSR count). The summed E-state index contributed by atoms with van der Waals surface area (Å²) in [6.07, 6.45) is 2.61. The maximum atomic E-state index is 13.2. The largest absolute Gasteiger partial charge is 0.469 e. The molecule has 0 saturated heterocycles. The zero-order valence-electron chi connectivity index (χ0n) is 15.5. The third-order valence-corrected chi connectivity index (χ3v) is 5.06. The van der Waals surface area contributed by atoms with E-state index in [1.54, 1.807) is 23.0 Å². The van der Waals surface area contributed by atoms with Crippen molar-refractivity contribution in [3.63, 3.8) is 0 Å². The van der Waals surface area contributed by atoms with Crippen molar-refractivity contribution in [2.75, 3.05) is 7.11 Å². The number of carbonyl (C=O) groups excluding carboxylic acids is 1. The number of fused-ring (bicyclic) bond motifs is 1. The van der Waals surface area contributed by atoms with E-state index in [0.29, 0.717) is 0 Å². The van der Waals surface area contributed by atoms with Crippen LogP contribution in [0.2, 0.25) is 0 Å². The highest BCUT2D eigenvalue weighted by Crippen LogP contribution is 2.40. The molecule has 1 atom stereocenters. The lowest BCUT2D eigenvalue weighted by Crippen LogP contribution is -2.32. The van der Waals surface area contributed by atoms with Crippen molar-refractivity contribution in [2.24, 2.45) is 5.41 Å². The summed E-state index contributed by atoms with van der Waals surface area (Å²) < 4.78 is 19.9. The van der Waals surface area contributed by atoms with Crippen molar-refractivity contribution < 1.29 is 13.9 Å². The Labute approximate surface area is 152 Å². The van der Waals surface area contributed by atoms with E-state index in [2.05, 4.69) is 18.1 Å². The van der Waals surface area contributed by atoms with Crippen LogP contribution in [0.5, 0.6) is 0 Å². The average Bonchev–Trinajstić information content (AvgIpc) is 3.05. The van der Waals surface area contributed by atoms with Crippen molar-refractivity contribution in [3.05, 3.63) is 60.0 Å². The lowest BCUT2D eigenvalue weighted by molar-refractivity contribution is -0.152. The van der Waals surface area contributed by atoms with Gasteiger partial charge in [-0.2, -0.15) is 5.10 Å². The zero-order valence-corrected chi connectivity index (χ0v) is 15.5.